The topological polar surface area (TPSA) is 24.9 Å². The normalized spacial score (nSPS) is 17.6. The highest BCUT2D eigenvalue weighted by atomic mass is 19.4. The molecule has 0 unspecified atom stereocenters. The van der Waals surface area contributed by atoms with Gasteiger partial charge in [-0.2, -0.15) is 13.2 Å². The number of para-hydroxylation sites is 1. The average Bonchev–Trinajstić information content (AvgIpc) is 2.46. The van der Waals surface area contributed by atoms with E-state index in [4.69, 9.17) is 0 Å². The van der Waals surface area contributed by atoms with Crippen LogP contribution >= 0.6 is 0 Å². The summed E-state index contributed by atoms with van der Waals surface area (Å²) >= 11 is 0. The van der Waals surface area contributed by atoms with Gasteiger partial charge in [-0.25, -0.2) is 0 Å². The summed E-state index contributed by atoms with van der Waals surface area (Å²) in [6.07, 6.45) is -2.52. The number of hydrogen-bond acceptors (Lipinski definition) is 2. The number of nitrogens with one attached hydrogen (secondary N) is 1. The highest BCUT2D eigenvalue weighted by Gasteiger charge is 2.33. The van der Waals surface area contributed by atoms with Crippen LogP contribution in [0.5, 0.6) is 0 Å². The van der Waals surface area contributed by atoms with Gasteiger partial charge < -0.3 is 5.32 Å². The van der Waals surface area contributed by atoms with E-state index in [0.29, 0.717) is 5.39 Å². The van der Waals surface area contributed by atoms with E-state index in [9.17, 15) is 13.2 Å². The molecule has 0 aliphatic carbocycles. The molecule has 1 saturated heterocycles. The number of aromatic nitrogens is 1. The molecule has 106 valence electrons. The Bertz CT molecular complexity index is 616. The molecule has 1 aliphatic rings. The summed E-state index contributed by atoms with van der Waals surface area (Å²) < 4.78 is 39.1. The van der Waals surface area contributed by atoms with Crippen molar-refractivity contribution in [2.24, 2.45) is 0 Å². The molecule has 2 aromatic rings. The van der Waals surface area contributed by atoms with Crippen molar-refractivity contribution in [2.75, 3.05) is 13.1 Å². The largest absolute Gasteiger partial charge is 0.418 e. The molecule has 3 rings (SSSR count). The maximum absolute atomic E-state index is 13.0. The van der Waals surface area contributed by atoms with Crippen LogP contribution in [0.1, 0.15) is 30.0 Å². The van der Waals surface area contributed by atoms with Crippen LogP contribution in [0, 0.1) is 0 Å². The molecule has 0 spiro atoms. The Kier molecular flexibility index (Phi) is 3.38. The number of halogens is 3. The van der Waals surface area contributed by atoms with Crippen molar-refractivity contribution in [3.05, 3.63) is 41.6 Å². The van der Waals surface area contributed by atoms with Gasteiger partial charge in [0.05, 0.1) is 11.1 Å². The number of rotatable bonds is 1. The van der Waals surface area contributed by atoms with Crippen molar-refractivity contribution < 1.29 is 13.2 Å². The SMILES string of the molecule is FC(F)(F)c1cccc2ccc(C3CCNCC3)nc12. The van der Waals surface area contributed by atoms with Gasteiger partial charge in [0, 0.05) is 17.0 Å². The lowest BCUT2D eigenvalue weighted by atomic mass is 9.93. The van der Waals surface area contributed by atoms with E-state index in [0.717, 1.165) is 37.7 Å². The molecule has 1 aromatic carbocycles. The second-order valence-electron chi connectivity index (χ2n) is 5.14. The minimum atomic E-state index is -4.36. The van der Waals surface area contributed by atoms with E-state index in [1.807, 2.05) is 6.07 Å². The standard InChI is InChI=1S/C15H15F3N2/c16-15(17,18)12-3-1-2-11-4-5-13(20-14(11)12)10-6-8-19-9-7-10/h1-5,10,19H,6-9H2. The number of fused-ring (bicyclic) bond motifs is 1. The van der Waals surface area contributed by atoms with Crippen LogP contribution in [0.15, 0.2) is 30.3 Å². The van der Waals surface area contributed by atoms with Crippen LogP contribution in [0.4, 0.5) is 13.2 Å². The van der Waals surface area contributed by atoms with Crippen LogP contribution in [0.3, 0.4) is 0 Å². The quantitative estimate of drug-likeness (QED) is 0.861. The zero-order valence-electron chi connectivity index (χ0n) is 10.9. The van der Waals surface area contributed by atoms with E-state index >= 15 is 0 Å². The maximum atomic E-state index is 13.0. The number of alkyl halides is 3. The summed E-state index contributed by atoms with van der Waals surface area (Å²) in [7, 11) is 0. The van der Waals surface area contributed by atoms with Gasteiger partial charge in [0.15, 0.2) is 0 Å². The van der Waals surface area contributed by atoms with Gasteiger partial charge in [-0.1, -0.05) is 18.2 Å². The predicted molar refractivity (Wildman–Crippen MR) is 71.6 cm³/mol. The van der Waals surface area contributed by atoms with Crippen molar-refractivity contribution >= 4 is 10.9 Å². The molecule has 2 nitrogen and oxygen atoms in total. The Labute approximate surface area is 115 Å². The summed E-state index contributed by atoms with van der Waals surface area (Å²) in [5, 5.41) is 3.79. The molecule has 0 atom stereocenters. The smallest absolute Gasteiger partial charge is 0.317 e. The Morgan fingerprint density at radius 3 is 2.50 bits per heavy atom. The molecule has 0 saturated carbocycles. The molecular formula is C15H15F3N2. The number of pyridine rings is 1. The van der Waals surface area contributed by atoms with Crippen LogP contribution in [-0.4, -0.2) is 18.1 Å². The third-order valence-electron chi connectivity index (χ3n) is 3.80. The van der Waals surface area contributed by atoms with Gasteiger partial charge in [-0.05, 0) is 38.1 Å². The highest BCUT2D eigenvalue weighted by Crippen LogP contribution is 2.35. The van der Waals surface area contributed by atoms with E-state index in [1.165, 1.54) is 6.07 Å². The molecule has 0 bridgehead atoms. The number of benzene rings is 1. The minimum Gasteiger partial charge on any atom is -0.317 e. The van der Waals surface area contributed by atoms with Crippen molar-refractivity contribution in [1.29, 1.82) is 0 Å². The molecule has 1 aromatic heterocycles. The zero-order valence-corrected chi connectivity index (χ0v) is 10.9. The van der Waals surface area contributed by atoms with Crippen molar-refractivity contribution in [2.45, 2.75) is 24.9 Å². The van der Waals surface area contributed by atoms with Gasteiger partial charge >= 0.3 is 6.18 Å². The van der Waals surface area contributed by atoms with E-state index in [2.05, 4.69) is 10.3 Å². The first-order valence-electron chi connectivity index (χ1n) is 6.73. The molecule has 1 aliphatic heterocycles. The Hall–Kier alpha value is -1.62. The minimum absolute atomic E-state index is 0.0658. The van der Waals surface area contributed by atoms with Crippen LogP contribution < -0.4 is 5.32 Å². The van der Waals surface area contributed by atoms with Crippen molar-refractivity contribution in [1.82, 2.24) is 10.3 Å². The fourth-order valence-corrected chi connectivity index (χ4v) is 2.74. The molecule has 0 amide bonds. The maximum Gasteiger partial charge on any atom is 0.418 e. The monoisotopic (exact) mass is 280 g/mol. The van der Waals surface area contributed by atoms with E-state index < -0.39 is 11.7 Å². The first kappa shape index (κ1) is 13.4. The third-order valence-corrected chi connectivity index (χ3v) is 3.80. The number of piperidine rings is 1. The molecule has 2 heterocycles. The first-order chi connectivity index (χ1) is 9.55. The van der Waals surface area contributed by atoms with Crippen molar-refractivity contribution in [3.63, 3.8) is 0 Å². The van der Waals surface area contributed by atoms with Gasteiger partial charge in [0.2, 0.25) is 0 Å². The Balaban J connectivity index is 2.09. The highest BCUT2D eigenvalue weighted by molar-refractivity contribution is 5.82. The molecule has 1 fully saturated rings. The van der Waals surface area contributed by atoms with Gasteiger partial charge in [0.1, 0.15) is 0 Å². The van der Waals surface area contributed by atoms with Crippen LogP contribution in [0.25, 0.3) is 10.9 Å². The fraction of sp³-hybridized carbons (Fsp3) is 0.400. The lowest BCUT2D eigenvalue weighted by molar-refractivity contribution is -0.136. The molecule has 1 N–H and O–H groups in total. The Morgan fingerprint density at radius 1 is 1.05 bits per heavy atom. The lowest BCUT2D eigenvalue weighted by Crippen LogP contribution is -2.27. The van der Waals surface area contributed by atoms with E-state index in [1.54, 1.807) is 12.1 Å². The second kappa shape index (κ2) is 5.05. The van der Waals surface area contributed by atoms with Gasteiger partial charge in [0.25, 0.3) is 0 Å². The average molecular weight is 280 g/mol. The number of nitrogens with zero attached hydrogens (tertiary/aromatic N) is 1. The molecule has 0 radical (unpaired) electrons. The summed E-state index contributed by atoms with van der Waals surface area (Å²) in [6.45, 7) is 1.79. The summed E-state index contributed by atoms with van der Waals surface area (Å²) in [5.74, 6) is 0.252. The summed E-state index contributed by atoms with van der Waals surface area (Å²) in [6, 6.07) is 7.80. The predicted octanol–water partition coefficient (Wildman–Crippen LogP) is 3.72. The summed E-state index contributed by atoms with van der Waals surface area (Å²) in [5.41, 5.74) is 0.192. The molecule has 20 heavy (non-hydrogen) atoms. The van der Waals surface area contributed by atoms with Gasteiger partial charge in [-0.3, -0.25) is 4.98 Å². The second-order valence-corrected chi connectivity index (χ2v) is 5.14. The zero-order chi connectivity index (χ0) is 14.2. The molecular weight excluding hydrogens is 265 g/mol. The van der Waals surface area contributed by atoms with Crippen LogP contribution in [0.2, 0.25) is 0 Å². The molecule has 5 heteroatoms. The number of hydrogen-bond donors (Lipinski definition) is 1. The van der Waals surface area contributed by atoms with Crippen molar-refractivity contribution in [3.8, 4) is 0 Å². The summed E-state index contributed by atoms with van der Waals surface area (Å²) in [4.78, 5) is 4.32. The van der Waals surface area contributed by atoms with E-state index in [-0.39, 0.29) is 11.4 Å². The van der Waals surface area contributed by atoms with Gasteiger partial charge in [-0.15, -0.1) is 0 Å². The lowest BCUT2D eigenvalue weighted by Gasteiger charge is -2.22. The Morgan fingerprint density at radius 2 is 1.80 bits per heavy atom. The van der Waals surface area contributed by atoms with Crippen LogP contribution in [-0.2, 0) is 6.18 Å². The fourth-order valence-electron chi connectivity index (χ4n) is 2.74. The first-order valence-corrected chi connectivity index (χ1v) is 6.73. The third kappa shape index (κ3) is 2.50.